The van der Waals surface area contributed by atoms with Gasteiger partial charge in [0, 0.05) is 19.3 Å². The molecule has 0 heterocycles. The van der Waals surface area contributed by atoms with E-state index in [2.05, 4.69) is 6.92 Å². The van der Waals surface area contributed by atoms with Gasteiger partial charge in [-0.3, -0.25) is 4.79 Å². The SMILES string of the molecule is CCCCCN(C)C(=O)c1ccccc1N. The molecule has 3 heteroatoms. The van der Waals surface area contributed by atoms with Crippen LogP contribution in [0.25, 0.3) is 0 Å². The number of benzene rings is 1. The van der Waals surface area contributed by atoms with Crippen molar-refractivity contribution in [3.63, 3.8) is 0 Å². The number of carbonyl (C=O) groups excluding carboxylic acids is 1. The summed E-state index contributed by atoms with van der Waals surface area (Å²) in [6, 6.07) is 7.20. The van der Waals surface area contributed by atoms with Gasteiger partial charge in [-0.1, -0.05) is 31.9 Å². The molecule has 0 atom stereocenters. The van der Waals surface area contributed by atoms with Gasteiger partial charge in [0.15, 0.2) is 0 Å². The van der Waals surface area contributed by atoms with Crippen molar-refractivity contribution in [1.29, 1.82) is 0 Å². The van der Waals surface area contributed by atoms with Crippen molar-refractivity contribution in [3.05, 3.63) is 29.8 Å². The van der Waals surface area contributed by atoms with Gasteiger partial charge in [0.05, 0.1) is 5.56 Å². The van der Waals surface area contributed by atoms with Gasteiger partial charge in [0.25, 0.3) is 5.91 Å². The first kappa shape index (κ1) is 12.6. The molecule has 1 rings (SSSR count). The Balaban J connectivity index is 2.60. The molecule has 3 nitrogen and oxygen atoms in total. The molecule has 1 amide bonds. The Kier molecular flexibility index (Phi) is 4.83. The molecule has 0 aliphatic carbocycles. The molecule has 1 aromatic rings. The number of para-hydroxylation sites is 1. The lowest BCUT2D eigenvalue weighted by Crippen LogP contribution is -2.28. The quantitative estimate of drug-likeness (QED) is 0.612. The van der Waals surface area contributed by atoms with E-state index >= 15 is 0 Å². The van der Waals surface area contributed by atoms with Crippen LogP contribution < -0.4 is 5.73 Å². The average molecular weight is 220 g/mol. The minimum Gasteiger partial charge on any atom is -0.398 e. The number of rotatable bonds is 5. The normalized spacial score (nSPS) is 10.1. The molecule has 0 saturated heterocycles. The van der Waals surface area contributed by atoms with Crippen LogP contribution in [0.3, 0.4) is 0 Å². The fourth-order valence-corrected chi connectivity index (χ4v) is 1.60. The second kappa shape index (κ2) is 6.16. The Morgan fingerprint density at radius 1 is 1.31 bits per heavy atom. The summed E-state index contributed by atoms with van der Waals surface area (Å²) in [5.41, 5.74) is 6.92. The van der Waals surface area contributed by atoms with Crippen LogP contribution in [0.15, 0.2) is 24.3 Å². The number of amides is 1. The van der Waals surface area contributed by atoms with Crippen LogP contribution in [0.2, 0.25) is 0 Å². The Hall–Kier alpha value is -1.51. The van der Waals surface area contributed by atoms with Crippen molar-refractivity contribution < 1.29 is 4.79 Å². The Morgan fingerprint density at radius 2 is 2.00 bits per heavy atom. The van der Waals surface area contributed by atoms with Gasteiger partial charge in [-0.25, -0.2) is 0 Å². The maximum atomic E-state index is 12.0. The van der Waals surface area contributed by atoms with E-state index in [0.717, 1.165) is 25.8 Å². The van der Waals surface area contributed by atoms with Gasteiger partial charge < -0.3 is 10.6 Å². The van der Waals surface area contributed by atoms with Gasteiger partial charge >= 0.3 is 0 Å². The third-order valence-electron chi connectivity index (χ3n) is 2.63. The molecule has 0 aliphatic heterocycles. The summed E-state index contributed by atoms with van der Waals surface area (Å²) in [6.45, 7) is 2.94. The largest absolute Gasteiger partial charge is 0.398 e. The number of nitrogens with two attached hydrogens (primary N) is 1. The molecule has 1 aromatic carbocycles. The highest BCUT2D eigenvalue weighted by molar-refractivity contribution is 5.98. The first-order valence-corrected chi connectivity index (χ1v) is 5.76. The number of carbonyl (C=O) groups is 1. The summed E-state index contributed by atoms with van der Waals surface area (Å²) in [5.74, 6) is 0.00852. The van der Waals surface area contributed by atoms with Crippen LogP contribution in [0.4, 0.5) is 5.69 Å². The maximum Gasteiger partial charge on any atom is 0.255 e. The van der Waals surface area contributed by atoms with Crippen molar-refractivity contribution in [2.45, 2.75) is 26.2 Å². The van der Waals surface area contributed by atoms with Crippen molar-refractivity contribution in [3.8, 4) is 0 Å². The first-order valence-electron chi connectivity index (χ1n) is 5.76. The lowest BCUT2D eigenvalue weighted by molar-refractivity contribution is 0.0793. The number of nitrogens with zero attached hydrogens (tertiary/aromatic N) is 1. The summed E-state index contributed by atoms with van der Waals surface area (Å²) in [7, 11) is 1.82. The van der Waals surface area contributed by atoms with E-state index in [4.69, 9.17) is 5.73 Å². The Labute approximate surface area is 97.2 Å². The Morgan fingerprint density at radius 3 is 2.62 bits per heavy atom. The van der Waals surface area contributed by atoms with Crippen LogP contribution in [-0.2, 0) is 0 Å². The molecule has 2 N–H and O–H groups in total. The third-order valence-corrected chi connectivity index (χ3v) is 2.63. The summed E-state index contributed by atoms with van der Waals surface area (Å²) in [4.78, 5) is 13.7. The summed E-state index contributed by atoms with van der Waals surface area (Å²) >= 11 is 0. The molecular formula is C13H20N2O. The molecule has 0 aliphatic rings. The lowest BCUT2D eigenvalue weighted by Gasteiger charge is -2.17. The monoisotopic (exact) mass is 220 g/mol. The second-order valence-electron chi connectivity index (χ2n) is 4.02. The predicted octanol–water partition coefficient (Wildman–Crippen LogP) is 2.53. The van der Waals surface area contributed by atoms with Crippen LogP contribution in [0, 0.1) is 0 Å². The van der Waals surface area contributed by atoms with Crippen molar-refractivity contribution in [1.82, 2.24) is 4.90 Å². The zero-order valence-electron chi connectivity index (χ0n) is 10.1. The summed E-state index contributed by atoms with van der Waals surface area (Å²) in [5, 5.41) is 0. The van der Waals surface area contributed by atoms with E-state index < -0.39 is 0 Å². The van der Waals surface area contributed by atoms with Gasteiger partial charge in [-0.05, 0) is 18.6 Å². The molecule has 0 unspecified atom stereocenters. The van der Waals surface area contributed by atoms with Crippen LogP contribution in [-0.4, -0.2) is 24.4 Å². The van der Waals surface area contributed by atoms with E-state index in [1.54, 1.807) is 17.0 Å². The predicted molar refractivity (Wildman–Crippen MR) is 67.3 cm³/mol. The number of hydrogen-bond donors (Lipinski definition) is 1. The fraction of sp³-hybridized carbons (Fsp3) is 0.462. The number of unbranched alkanes of at least 4 members (excludes halogenated alkanes) is 2. The van der Waals surface area contributed by atoms with Crippen LogP contribution in [0.1, 0.15) is 36.5 Å². The van der Waals surface area contributed by atoms with E-state index in [9.17, 15) is 4.79 Å². The fourth-order valence-electron chi connectivity index (χ4n) is 1.60. The molecule has 0 fully saturated rings. The zero-order valence-corrected chi connectivity index (χ0v) is 10.1. The highest BCUT2D eigenvalue weighted by Gasteiger charge is 2.13. The zero-order chi connectivity index (χ0) is 12.0. The van der Waals surface area contributed by atoms with Crippen molar-refractivity contribution in [2.75, 3.05) is 19.3 Å². The minimum absolute atomic E-state index is 0.00852. The number of hydrogen-bond acceptors (Lipinski definition) is 2. The van der Waals surface area contributed by atoms with E-state index in [-0.39, 0.29) is 5.91 Å². The first-order chi connectivity index (χ1) is 7.66. The van der Waals surface area contributed by atoms with E-state index in [1.165, 1.54) is 0 Å². The number of anilines is 1. The molecule has 0 radical (unpaired) electrons. The summed E-state index contributed by atoms with van der Waals surface area (Å²) in [6.07, 6.45) is 3.36. The van der Waals surface area contributed by atoms with Crippen LogP contribution in [0.5, 0.6) is 0 Å². The Bertz CT molecular complexity index is 350. The minimum atomic E-state index is 0.00852. The summed E-state index contributed by atoms with van der Waals surface area (Å²) < 4.78 is 0. The second-order valence-corrected chi connectivity index (χ2v) is 4.02. The molecule has 0 saturated carbocycles. The van der Waals surface area contributed by atoms with Gasteiger partial charge in [-0.2, -0.15) is 0 Å². The molecular weight excluding hydrogens is 200 g/mol. The molecule has 88 valence electrons. The lowest BCUT2D eigenvalue weighted by atomic mass is 10.1. The smallest absolute Gasteiger partial charge is 0.255 e. The van der Waals surface area contributed by atoms with Crippen molar-refractivity contribution >= 4 is 11.6 Å². The highest BCUT2D eigenvalue weighted by Crippen LogP contribution is 2.13. The van der Waals surface area contributed by atoms with Gasteiger partial charge in [-0.15, -0.1) is 0 Å². The molecule has 0 spiro atoms. The van der Waals surface area contributed by atoms with E-state index in [1.807, 2.05) is 19.2 Å². The number of nitrogen functional groups attached to an aromatic ring is 1. The third kappa shape index (κ3) is 3.26. The van der Waals surface area contributed by atoms with Crippen molar-refractivity contribution in [2.24, 2.45) is 0 Å². The molecule has 0 aromatic heterocycles. The topological polar surface area (TPSA) is 46.3 Å². The van der Waals surface area contributed by atoms with Crippen LogP contribution >= 0.6 is 0 Å². The average Bonchev–Trinajstić information content (AvgIpc) is 2.29. The van der Waals surface area contributed by atoms with Gasteiger partial charge in [0.1, 0.15) is 0 Å². The van der Waals surface area contributed by atoms with E-state index in [0.29, 0.717) is 11.3 Å². The van der Waals surface area contributed by atoms with Gasteiger partial charge in [0.2, 0.25) is 0 Å². The maximum absolute atomic E-state index is 12.0. The highest BCUT2D eigenvalue weighted by atomic mass is 16.2. The molecule has 0 bridgehead atoms. The molecule has 16 heavy (non-hydrogen) atoms. The standard InChI is InChI=1S/C13H20N2O/c1-3-4-7-10-15(2)13(16)11-8-5-6-9-12(11)14/h5-6,8-9H,3-4,7,10,14H2,1-2H3.